The smallest absolute Gasteiger partial charge is 0.121 e. The number of hydrogen-bond acceptors (Lipinski definition) is 3. The van der Waals surface area contributed by atoms with Crippen LogP contribution in [0, 0.1) is 5.41 Å². The van der Waals surface area contributed by atoms with Crippen molar-refractivity contribution in [3.8, 4) is 0 Å². The van der Waals surface area contributed by atoms with Gasteiger partial charge in [-0.2, -0.15) is 0 Å². The number of fused-ring (bicyclic) bond motifs is 1. The van der Waals surface area contributed by atoms with E-state index in [1.807, 2.05) is 0 Å². The molecule has 3 heteroatoms. The highest BCUT2D eigenvalue weighted by atomic mass is 16.5. The van der Waals surface area contributed by atoms with E-state index in [4.69, 9.17) is 4.74 Å². The Morgan fingerprint density at radius 3 is 2.94 bits per heavy atom. The molecule has 2 heterocycles. The molecule has 5 atom stereocenters. The number of ether oxygens (including phenoxy) is 1. The van der Waals surface area contributed by atoms with E-state index in [1.165, 1.54) is 0 Å². The highest BCUT2D eigenvalue weighted by Gasteiger charge is 2.66. The third kappa shape index (κ3) is 1.04. The highest BCUT2D eigenvalue weighted by molar-refractivity contribution is 5.30. The lowest BCUT2D eigenvalue weighted by Gasteiger charge is -2.51. The van der Waals surface area contributed by atoms with Crippen LogP contribution in [0.2, 0.25) is 0 Å². The van der Waals surface area contributed by atoms with Gasteiger partial charge < -0.3 is 14.9 Å². The summed E-state index contributed by atoms with van der Waals surface area (Å²) in [5.74, 6) is 0. The van der Waals surface area contributed by atoms with Gasteiger partial charge in [0.2, 0.25) is 0 Å². The van der Waals surface area contributed by atoms with Crippen molar-refractivity contribution in [3.63, 3.8) is 0 Å². The molecule has 3 rings (SSSR count). The summed E-state index contributed by atoms with van der Waals surface area (Å²) in [6, 6.07) is 0. The lowest BCUT2D eigenvalue weighted by molar-refractivity contribution is -0.198. The number of hydrogen-bond donors (Lipinski definition) is 2. The summed E-state index contributed by atoms with van der Waals surface area (Å²) in [5.41, 5.74) is 0.419. The van der Waals surface area contributed by atoms with Crippen LogP contribution in [-0.4, -0.2) is 34.1 Å². The van der Waals surface area contributed by atoms with Crippen LogP contribution in [0.4, 0.5) is 0 Å². The molecular weight excluding hydrogens is 204 g/mol. The average Bonchev–Trinajstić information content (AvgIpc) is 2.49. The summed E-state index contributed by atoms with van der Waals surface area (Å²) in [5, 5.41) is 20.2. The first kappa shape index (κ1) is 10.8. The van der Waals surface area contributed by atoms with E-state index in [-0.39, 0.29) is 11.5 Å². The van der Waals surface area contributed by atoms with Gasteiger partial charge in [-0.1, -0.05) is 13.5 Å². The summed E-state index contributed by atoms with van der Waals surface area (Å²) in [7, 11) is 0. The standard InChI is InChI=1S/C13H20O3/c1-8-4-3-5-12(2)7-10-9(14)6-11(15)13(8,12)16-10/h9-11,14-15H,1,3-7H2,2H3/t9-,10+,11-,12-,13-/m0/s1. The minimum Gasteiger partial charge on any atom is -0.390 e. The molecule has 0 aromatic carbocycles. The minimum atomic E-state index is -0.598. The van der Waals surface area contributed by atoms with E-state index < -0.39 is 17.8 Å². The van der Waals surface area contributed by atoms with Gasteiger partial charge in [0.15, 0.2) is 0 Å². The fraction of sp³-hybridized carbons (Fsp3) is 0.846. The first-order valence-electron chi connectivity index (χ1n) is 6.22. The molecule has 2 aliphatic heterocycles. The van der Waals surface area contributed by atoms with Gasteiger partial charge in [-0.3, -0.25) is 0 Å². The second-order valence-corrected chi connectivity index (χ2v) is 5.93. The largest absolute Gasteiger partial charge is 0.390 e. The highest BCUT2D eigenvalue weighted by Crippen LogP contribution is 2.61. The zero-order valence-corrected chi connectivity index (χ0v) is 9.78. The van der Waals surface area contributed by atoms with E-state index in [9.17, 15) is 10.2 Å². The second-order valence-electron chi connectivity index (χ2n) is 5.93. The lowest BCUT2D eigenvalue weighted by atomic mass is 9.60. The molecule has 2 saturated heterocycles. The van der Waals surface area contributed by atoms with Gasteiger partial charge in [-0.05, 0) is 31.3 Å². The summed E-state index contributed by atoms with van der Waals surface area (Å²) < 4.78 is 6.03. The molecule has 3 aliphatic rings. The van der Waals surface area contributed by atoms with E-state index in [2.05, 4.69) is 13.5 Å². The maximum Gasteiger partial charge on any atom is 0.121 e. The van der Waals surface area contributed by atoms with Crippen molar-refractivity contribution in [1.29, 1.82) is 0 Å². The van der Waals surface area contributed by atoms with Crippen molar-refractivity contribution < 1.29 is 14.9 Å². The molecule has 3 fully saturated rings. The average molecular weight is 224 g/mol. The van der Waals surface area contributed by atoms with Crippen molar-refractivity contribution in [1.82, 2.24) is 0 Å². The quantitative estimate of drug-likeness (QED) is 0.611. The van der Waals surface area contributed by atoms with Crippen molar-refractivity contribution in [2.24, 2.45) is 5.41 Å². The van der Waals surface area contributed by atoms with E-state index in [1.54, 1.807) is 0 Å². The van der Waals surface area contributed by atoms with Crippen LogP contribution in [0.1, 0.15) is 39.0 Å². The SMILES string of the molecule is C=C1CCC[C@@]2(C)C[C@H]3O[C@]12[C@@H](O)C[C@@H]3O. The molecule has 0 aromatic rings. The van der Waals surface area contributed by atoms with Crippen LogP contribution in [0.3, 0.4) is 0 Å². The lowest BCUT2D eigenvalue weighted by Crippen LogP contribution is -2.59. The molecule has 0 aromatic heterocycles. The molecule has 16 heavy (non-hydrogen) atoms. The predicted octanol–water partition coefficient (Wildman–Crippen LogP) is 1.39. The summed E-state index contributed by atoms with van der Waals surface area (Å²) in [6.07, 6.45) is 3.18. The summed E-state index contributed by atoms with van der Waals surface area (Å²) >= 11 is 0. The molecule has 1 saturated carbocycles. The Balaban J connectivity index is 2.09. The van der Waals surface area contributed by atoms with Crippen LogP contribution in [0.5, 0.6) is 0 Å². The number of rotatable bonds is 0. The van der Waals surface area contributed by atoms with Crippen LogP contribution < -0.4 is 0 Å². The maximum atomic E-state index is 10.3. The van der Waals surface area contributed by atoms with Crippen molar-refractivity contribution in [2.75, 3.05) is 0 Å². The summed E-state index contributed by atoms with van der Waals surface area (Å²) in [4.78, 5) is 0. The second kappa shape index (κ2) is 3.09. The molecule has 0 unspecified atom stereocenters. The van der Waals surface area contributed by atoms with E-state index in [0.29, 0.717) is 6.42 Å². The number of aliphatic hydroxyl groups excluding tert-OH is 2. The molecule has 2 N–H and O–H groups in total. The zero-order chi connectivity index (χ0) is 11.6. The van der Waals surface area contributed by atoms with E-state index >= 15 is 0 Å². The Hall–Kier alpha value is -0.380. The van der Waals surface area contributed by atoms with Gasteiger partial charge in [0, 0.05) is 11.8 Å². The molecule has 2 bridgehead atoms. The normalized spacial score (nSPS) is 56.2. The molecule has 0 amide bonds. The van der Waals surface area contributed by atoms with Gasteiger partial charge in [0.25, 0.3) is 0 Å². The Labute approximate surface area is 96.1 Å². The first-order chi connectivity index (χ1) is 7.49. The molecular formula is C13H20O3. The Morgan fingerprint density at radius 1 is 1.44 bits per heavy atom. The summed E-state index contributed by atoms with van der Waals surface area (Å²) in [6.45, 7) is 6.30. The van der Waals surface area contributed by atoms with Crippen LogP contribution in [-0.2, 0) is 4.74 Å². The van der Waals surface area contributed by atoms with Crippen molar-refractivity contribution in [2.45, 2.75) is 62.9 Å². The minimum absolute atomic E-state index is 0.0378. The Kier molecular flexibility index (Phi) is 2.08. The number of aliphatic hydroxyl groups is 2. The zero-order valence-electron chi connectivity index (χ0n) is 9.78. The van der Waals surface area contributed by atoms with E-state index in [0.717, 1.165) is 31.3 Å². The third-order valence-corrected chi connectivity index (χ3v) is 4.98. The molecule has 90 valence electrons. The van der Waals surface area contributed by atoms with Gasteiger partial charge in [0.1, 0.15) is 5.60 Å². The first-order valence-corrected chi connectivity index (χ1v) is 6.22. The molecule has 1 spiro atoms. The Morgan fingerprint density at radius 2 is 2.19 bits per heavy atom. The van der Waals surface area contributed by atoms with Gasteiger partial charge >= 0.3 is 0 Å². The molecule has 3 nitrogen and oxygen atoms in total. The topological polar surface area (TPSA) is 49.7 Å². The molecule has 1 aliphatic carbocycles. The van der Waals surface area contributed by atoms with Crippen molar-refractivity contribution >= 4 is 0 Å². The van der Waals surface area contributed by atoms with Crippen LogP contribution in [0.25, 0.3) is 0 Å². The van der Waals surface area contributed by atoms with Crippen LogP contribution >= 0.6 is 0 Å². The predicted molar refractivity (Wildman–Crippen MR) is 59.9 cm³/mol. The fourth-order valence-electron chi connectivity index (χ4n) is 4.17. The Bertz CT molecular complexity index is 340. The monoisotopic (exact) mass is 224 g/mol. The maximum absolute atomic E-state index is 10.3. The van der Waals surface area contributed by atoms with Crippen LogP contribution in [0.15, 0.2) is 12.2 Å². The van der Waals surface area contributed by atoms with Gasteiger partial charge in [0.05, 0.1) is 18.3 Å². The fourth-order valence-corrected chi connectivity index (χ4v) is 4.17. The van der Waals surface area contributed by atoms with Gasteiger partial charge in [-0.25, -0.2) is 0 Å². The van der Waals surface area contributed by atoms with Gasteiger partial charge in [-0.15, -0.1) is 0 Å². The molecule has 0 radical (unpaired) electrons. The van der Waals surface area contributed by atoms with Crippen molar-refractivity contribution in [3.05, 3.63) is 12.2 Å². The third-order valence-electron chi connectivity index (χ3n) is 4.98.